The molecular weight excluding hydrogens is 448 g/mol. The number of methoxy groups -OCH3 is 2. The molecule has 2 aromatic heterocycles. The Bertz CT molecular complexity index is 1400. The highest BCUT2D eigenvalue weighted by Gasteiger charge is 2.16. The van der Waals surface area contributed by atoms with Gasteiger partial charge in [-0.1, -0.05) is 18.2 Å². The molecule has 1 N–H and O–H groups in total. The first-order valence-corrected chi connectivity index (χ1v) is 10.6. The summed E-state index contributed by atoms with van der Waals surface area (Å²) < 4.78 is 15.8. The molecule has 2 aromatic carbocycles. The maximum absolute atomic E-state index is 13.1. The Morgan fingerprint density at radius 2 is 1.66 bits per heavy atom. The molecule has 0 saturated carbocycles. The van der Waals surface area contributed by atoms with Gasteiger partial charge in [0, 0.05) is 35.8 Å². The first-order valence-electron chi connectivity index (χ1n) is 10.6. The normalized spacial score (nSPS) is 10.8. The summed E-state index contributed by atoms with van der Waals surface area (Å²) in [6.45, 7) is 1.28. The molecule has 0 aliphatic carbocycles. The smallest absolute Gasteiger partial charge is 0.308 e. The van der Waals surface area contributed by atoms with Crippen molar-refractivity contribution in [3.63, 3.8) is 0 Å². The summed E-state index contributed by atoms with van der Waals surface area (Å²) in [5, 5.41) is 4.80. The molecule has 0 atom stereocenters. The Morgan fingerprint density at radius 3 is 2.31 bits per heavy atom. The number of hydrazone groups is 1. The van der Waals surface area contributed by atoms with E-state index in [1.165, 1.54) is 27.4 Å². The van der Waals surface area contributed by atoms with Crippen molar-refractivity contribution in [2.24, 2.45) is 5.10 Å². The number of carbonyl (C=O) groups excluding carboxylic acids is 2. The lowest BCUT2D eigenvalue weighted by molar-refractivity contribution is -0.132. The first kappa shape index (κ1) is 23.4. The van der Waals surface area contributed by atoms with Gasteiger partial charge in [-0.05, 0) is 36.4 Å². The zero-order valence-corrected chi connectivity index (χ0v) is 19.3. The fraction of sp³-hybridized carbons (Fsp3) is 0.115. The number of nitrogens with one attached hydrogen (secondary N) is 1. The van der Waals surface area contributed by atoms with Crippen LogP contribution < -0.4 is 19.6 Å². The summed E-state index contributed by atoms with van der Waals surface area (Å²) >= 11 is 0. The van der Waals surface area contributed by atoms with Crippen molar-refractivity contribution in [1.82, 2.24) is 15.4 Å². The summed E-state index contributed by atoms with van der Waals surface area (Å²) in [5.74, 6) is -0.170. The number of rotatable bonds is 7. The molecule has 0 bridgehead atoms. The minimum absolute atomic E-state index is 0.163. The second kappa shape index (κ2) is 10.4. The van der Waals surface area contributed by atoms with Gasteiger partial charge in [-0.2, -0.15) is 5.10 Å². The van der Waals surface area contributed by atoms with Crippen LogP contribution in [-0.4, -0.2) is 42.3 Å². The fourth-order valence-electron chi connectivity index (χ4n) is 3.48. The van der Waals surface area contributed by atoms with Crippen molar-refractivity contribution < 1.29 is 23.8 Å². The highest BCUT2D eigenvalue weighted by molar-refractivity contribution is 6.07. The van der Waals surface area contributed by atoms with Crippen LogP contribution in [-0.2, 0) is 4.79 Å². The fourth-order valence-corrected chi connectivity index (χ4v) is 3.48. The zero-order valence-electron chi connectivity index (χ0n) is 19.3. The van der Waals surface area contributed by atoms with Gasteiger partial charge in [-0.25, -0.2) is 10.4 Å². The van der Waals surface area contributed by atoms with Gasteiger partial charge in [0.2, 0.25) is 5.75 Å². The Kier molecular flexibility index (Phi) is 6.96. The predicted molar refractivity (Wildman–Crippen MR) is 131 cm³/mol. The van der Waals surface area contributed by atoms with Crippen molar-refractivity contribution in [3.8, 4) is 28.5 Å². The molecule has 176 valence electrons. The van der Waals surface area contributed by atoms with Crippen molar-refractivity contribution in [1.29, 1.82) is 0 Å². The number of fused-ring (bicyclic) bond motifs is 1. The van der Waals surface area contributed by atoms with Gasteiger partial charge in [-0.3, -0.25) is 14.6 Å². The lowest BCUT2D eigenvalue weighted by atomic mass is 10.0. The minimum Gasteiger partial charge on any atom is -0.493 e. The molecule has 0 aliphatic heterocycles. The van der Waals surface area contributed by atoms with E-state index < -0.39 is 11.9 Å². The van der Waals surface area contributed by atoms with Crippen molar-refractivity contribution in [2.45, 2.75) is 6.92 Å². The van der Waals surface area contributed by atoms with Crippen molar-refractivity contribution in [2.75, 3.05) is 14.2 Å². The highest BCUT2D eigenvalue weighted by atomic mass is 16.6. The molecule has 0 saturated heterocycles. The number of nitrogens with zero attached hydrogens (tertiary/aromatic N) is 3. The van der Waals surface area contributed by atoms with Gasteiger partial charge in [0.25, 0.3) is 5.91 Å². The van der Waals surface area contributed by atoms with E-state index in [1.54, 1.807) is 30.6 Å². The van der Waals surface area contributed by atoms with Crippen LogP contribution in [0, 0.1) is 0 Å². The Hall–Kier alpha value is -4.79. The third-order valence-corrected chi connectivity index (χ3v) is 5.05. The molecule has 0 fully saturated rings. The molecule has 35 heavy (non-hydrogen) atoms. The first-order chi connectivity index (χ1) is 17.0. The van der Waals surface area contributed by atoms with Gasteiger partial charge in [-0.15, -0.1) is 0 Å². The van der Waals surface area contributed by atoms with Crippen molar-refractivity contribution in [3.05, 3.63) is 78.1 Å². The van der Waals surface area contributed by atoms with E-state index in [-0.39, 0.29) is 17.2 Å². The van der Waals surface area contributed by atoms with Crippen molar-refractivity contribution >= 4 is 29.0 Å². The molecule has 4 aromatic rings. The number of amides is 1. The molecular formula is C26H22N4O5. The maximum Gasteiger partial charge on any atom is 0.308 e. The number of benzene rings is 2. The number of hydrogen-bond donors (Lipinski definition) is 1. The molecule has 0 unspecified atom stereocenters. The van der Waals surface area contributed by atoms with Crippen LogP contribution in [0.5, 0.6) is 17.2 Å². The van der Waals surface area contributed by atoms with Crippen LogP contribution in [0.3, 0.4) is 0 Å². The lowest BCUT2D eigenvalue weighted by Crippen LogP contribution is -2.18. The van der Waals surface area contributed by atoms with E-state index in [4.69, 9.17) is 14.2 Å². The zero-order chi connectivity index (χ0) is 24.8. The topological polar surface area (TPSA) is 112 Å². The number of esters is 1. The Morgan fingerprint density at radius 1 is 0.971 bits per heavy atom. The van der Waals surface area contributed by atoms with E-state index in [0.717, 1.165) is 5.56 Å². The predicted octanol–water partition coefficient (Wildman–Crippen LogP) is 4.00. The quantitative estimate of drug-likeness (QED) is 0.188. The van der Waals surface area contributed by atoms with E-state index in [2.05, 4.69) is 20.5 Å². The summed E-state index contributed by atoms with van der Waals surface area (Å²) in [7, 11) is 2.89. The third-order valence-electron chi connectivity index (χ3n) is 5.05. The average Bonchev–Trinajstić information content (AvgIpc) is 2.88. The highest BCUT2D eigenvalue weighted by Crippen LogP contribution is 2.38. The third kappa shape index (κ3) is 5.25. The van der Waals surface area contributed by atoms with Crippen LogP contribution in [0.4, 0.5) is 0 Å². The number of para-hydroxylation sites is 1. The van der Waals surface area contributed by atoms with Gasteiger partial charge in [0.1, 0.15) is 0 Å². The van der Waals surface area contributed by atoms with Gasteiger partial charge >= 0.3 is 5.97 Å². The average molecular weight is 470 g/mol. The lowest BCUT2D eigenvalue weighted by Gasteiger charge is -2.13. The van der Waals surface area contributed by atoms with Crippen LogP contribution in [0.1, 0.15) is 22.8 Å². The Labute approximate surface area is 201 Å². The van der Waals surface area contributed by atoms with E-state index in [1.807, 2.05) is 36.4 Å². The summed E-state index contributed by atoms with van der Waals surface area (Å²) in [5.41, 5.74) is 5.73. The molecule has 0 aliphatic rings. The number of aromatic nitrogens is 2. The number of pyridine rings is 2. The van der Waals surface area contributed by atoms with Gasteiger partial charge in [0.05, 0.1) is 37.2 Å². The second-order valence-corrected chi connectivity index (χ2v) is 7.36. The monoisotopic (exact) mass is 470 g/mol. The maximum atomic E-state index is 13.1. The summed E-state index contributed by atoms with van der Waals surface area (Å²) in [6.07, 6.45) is 4.78. The van der Waals surface area contributed by atoms with Crippen LogP contribution in [0.25, 0.3) is 22.2 Å². The molecule has 0 spiro atoms. The molecule has 0 radical (unpaired) electrons. The van der Waals surface area contributed by atoms with Gasteiger partial charge < -0.3 is 14.2 Å². The van der Waals surface area contributed by atoms with E-state index >= 15 is 0 Å². The largest absolute Gasteiger partial charge is 0.493 e. The second-order valence-electron chi connectivity index (χ2n) is 7.36. The van der Waals surface area contributed by atoms with E-state index in [9.17, 15) is 9.59 Å². The number of ether oxygens (including phenoxy) is 3. The summed E-state index contributed by atoms with van der Waals surface area (Å²) in [6, 6.07) is 16.0. The molecule has 9 heteroatoms. The molecule has 2 heterocycles. The summed E-state index contributed by atoms with van der Waals surface area (Å²) in [4.78, 5) is 33.2. The molecule has 4 rings (SSSR count). The van der Waals surface area contributed by atoms with Crippen LogP contribution in [0.15, 0.2) is 72.1 Å². The Balaban J connectivity index is 1.63. The van der Waals surface area contributed by atoms with Gasteiger partial charge in [0.15, 0.2) is 11.5 Å². The SMILES string of the molecule is COc1cc(/C=N/NC(=O)c2cc(-c3ccncc3)nc3ccccc23)cc(OC)c1OC(C)=O. The molecule has 9 nitrogen and oxygen atoms in total. The number of hydrogen-bond acceptors (Lipinski definition) is 8. The standard InChI is InChI=1S/C26H22N4O5/c1-16(31)35-25-23(33-2)12-17(13-24(25)34-3)15-28-30-26(32)20-14-22(18-8-10-27-11-9-18)29-21-7-5-4-6-19(20)21/h4-15H,1-3H3,(H,30,32)/b28-15+. The van der Waals surface area contributed by atoms with Crippen LogP contribution in [0.2, 0.25) is 0 Å². The van der Waals surface area contributed by atoms with E-state index in [0.29, 0.717) is 27.7 Å². The number of carbonyl (C=O) groups is 2. The van der Waals surface area contributed by atoms with Crippen LogP contribution >= 0.6 is 0 Å². The minimum atomic E-state index is -0.508. The molecule has 1 amide bonds.